The Bertz CT molecular complexity index is 537. The van der Waals surface area contributed by atoms with Gasteiger partial charge in [0.2, 0.25) is 0 Å². The Hall–Kier alpha value is -1.32. The SMILES string of the molecule is Cc1c[nH]c2cccc([C@@H](O)CNC(C)(C)C)c12. The molecule has 0 amide bonds. The molecule has 0 saturated carbocycles. The standard InChI is InChI=1S/C15H22N2O/c1-10-8-16-12-7-5-6-11(14(10)12)13(18)9-17-15(2,3)4/h5-8,13,16-18H,9H2,1-4H3/t13-/m0/s1. The van der Waals surface area contributed by atoms with E-state index in [1.54, 1.807) is 0 Å². The van der Waals surface area contributed by atoms with Crippen molar-refractivity contribution in [1.29, 1.82) is 0 Å². The molecule has 0 radical (unpaired) electrons. The molecule has 0 aliphatic rings. The summed E-state index contributed by atoms with van der Waals surface area (Å²) in [4.78, 5) is 3.22. The predicted octanol–water partition coefficient (Wildman–Crippen LogP) is 2.90. The van der Waals surface area contributed by atoms with Crippen molar-refractivity contribution in [2.24, 2.45) is 0 Å². The lowest BCUT2D eigenvalue weighted by molar-refractivity contribution is 0.164. The van der Waals surface area contributed by atoms with E-state index in [9.17, 15) is 5.11 Å². The zero-order valence-electron chi connectivity index (χ0n) is 11.5. The molecule has 0 aliphatic carbocycles. The number of H-pyrrole nitrogens is 1. The third-order valence-corrected chi connectivity index (χ3v) is 3.12. The molecule has 1 atom stereocenters. The first-order valence-electron chi connectivity index (χ1n) is 6.38. The van der Waals surface area contributed by atoms with E-state index < -0.39 is 6.10 Å². The van der Waals surface area contributed by atoms with Gasteiger partial charge in [-0.2, -0.15) is 0 Å². The van der Waals surface area contributed by atoms with Crippen LogP contribution in [0.4, 0.5) is 0 Å². The fraction of sp³-hybridized carbons (Fsp3) is 0.467. The van der Waals surface area contributed by atoms with Gasteiger partial charge in [-0.1, -0.05) is 12.1 Å². The molecule has 2 rings (SSSR count). The largest absolute Gasteiger partial charge is 0.387 e. The van der Waals surface area contributed by atoms with Crippen LogP contribution in [0.1, 0.15) is 38.0 Å². The van der Waals surface area contributed by atoms with Gasteiger partial charge in [0.05, 0.1) is 6.10 Å². The van der Waals surface area contributed by atoms with Gasteiger partial charge >= 0.3 is 0 Å². The number of aliphatic hydroxyl groups excluding tert-OH is 1. The van der Waals surface area contributed by atoms with Crippen molar-refractivity contribution in [2.75, 3.05) is 6.54 Å². The van der Waals surface area contributed by atoms with Crippen LogP contribution in [0.2, 0.25) is 0 Å². The first-order chi connectivity index (χ1) is 8.38. The average Bonchev–Trinajstić information content (AvgIpc) is 2.67. The first-order valence-corrected chi connectivity index (χ1v) is 6.38. The Balaban J connectivity index is 2.27. The molecule has 0 unspecified atom stereocenters. The van der Waals surface area contributed by atoms with Crippen LogP contribution in [-0.4, -0.2) is 22.2 Å². The van der Waals surface area contributed by atoms with Gasteiger partial charge in [-0.3, -0.25) is 0 Å². The second kappa shape index (κ2) is 4.75. The molecule has 2 aromatic rings. The Morgan fingerprint density at radius 2 is 2.06 bits per heavy atom. The Labute approximate surface area is 108 Å². The molecular weight excluding hydrogens is 224 g/mol. The van der Waals surface area contributed by atoms with E-state index in [4.69, 9.17) is 0 Å². The monoisotopic (exact) mass is 246 g/mol. The van der Waals surface area contributed by atoms with Gasteiger partial charge in [0.1, 0.15) is 0 Å². The predicted molar refractivity (Wildman–Crippen MR) is 75.8 cm³/mol. The summed E-state index contributed by atoms with van der Waals surface area (Å²) in [6.07, 6.45) is 1.50. The van der Waals surface area contributed by atoms with Crippen LogP contribution >= 0.6 is 0 Å². The maximum atomic E-state index is 10.3. The zero-order chi connectivity index (χ0) is 13.3. The van der Waals surface area contributed by atoms with Crippen LogP contribution < -0.4 is 5.32 Å². The fourth-order valence-electron chi connectivity index (χ4n) is 2.18. The normalized spacial score (nSPS) is 14.1. The van der Waals surface area contributed by atoms with Crippen molar-refractivity contribution >= 4 is 10.9 Å². The summed E-state index contributed by atoms with van der Waals surface area (Å²) in [6.45, 7) is 8.92. The lowest BCUT2D eigenvalue weighted by Crippen LogP contribution is -2.38. The molecule has 0 bridgehead atoms. The molecule has 0 spiro atoms. The molecule has 98 valence electrons. The molecule has 1 aromatic carbocycles. The van der Waals surface area contributed by atoms with E-state index in [-0.39, 0.29) is 5.54 Å². The van der Waals surface area contributed by atoms with Gasteiger partial charge in [0.25, 0.3) is 0 Å². The maximum absolute atomic E-state index is 10.3. The smallest absolute Gasteiger partial charge is 0.0921 e. The molecule has 3 heteroatoms. The molecule has 1 heterocycles. The average molecular weight is 246 g/mol. The molecule has 0 aliphatic heterocycles. The van der Waals surface area contributed by atoms with Crippen molar-refractivity contribution < 1.29 is 5.11 Å². The fourth-order valence-corrected chi connectivity index (χ4v) is 2.18. The van der Waals surface area contributed by atoms with Gasteiger partial charge < -0.3 is 15.4 Å². The van der Waals surface area contributed by atoms with E-state index in [0.717, 1.165) is 16.5 Å². The Morgan fingerprint density at radius 3 is 2.72 bits per heavy atom. The van der Waals surface area contributed by atoms with Crippen LogP contribution in [0.15, 0.2) is 24.4 Å². The summed E-state index contributed by atoms with van der Waals surface area (Å²) in [5, 5.41) is 14.8. The van der Waals surface area contributed by atoms with Crippen LogP contribution in [0.5, 0.6) is 0 Å². The van der Waals surface area contributed by atoms with Crippen molar-refractivity contribution in [1.82, 2.24) is 10.3 Å². The summed E-state index contributed by atoms with van der Waals surface area (Å²) in [6, 6.07) is 6.02. The molecule has 0 saturated heterocycles. The molecular formula is C15H22N2O. The summed E-state index contributed by atoms with van der Waals surface area (Å²) < 4.78 is 0. The van der Waals surface area contributed by atoms with Crippen molar-refractivity contribution in [3.05, 3.63) is 35.5 Å². The zero-order valence-corrected chi connectivity index (χ0v) is 11.5. The number of rotatable bonds is 3. The number of hydrogen-bond donors (Lipinski definition) is 3. The summed E-state index contributed by atoms with van der Waals surface area (Å²) in [5.41, 5.74) is 3.26. The van der Waals surface area contributed by atoms with E-state index in [0.29, 0.717) is 6.54 Å². The number of fused-ring (bicyclic) bond motifs is 1. The lowest BCUT2D eigenvalue weighted by Gasteiger charge is -2.23. The second-order valence-corrected chi connectivity index (χ2v) is 5.89. The van der Waals surface area contributed by atoms with Crippen LogP contribution in [0.25, 0.3) is 10.9 Å². The van der Waals surface area contributed by atoms with Gasteiger partial charge in [-0.15, -0.1) is 0 Å². The first kappa shape index (κ1) is 13.1. The van der Waals surface area contributed by atoms with Crippen molar-refractivity contribution in [3.8, 4) is 0 Å². The van der Waals surface area contributed by atoms with Crippen LogP contribution in [0, 0.1) is 6.92 Å². The number of aromatic amines is 1. The highest BCUT2D eigenvalue weighted by atomic mass is 16.3. The minimum Gasteiger partial charge on any atom is -0.387 e. The Morgan fingerprint density at radius 1 is 1.33 bits per heavy atom. The lowest BCUT2D eigenvalue weighted by atomic mass is 10.0. The number of β-amino-alcohol motifs (C(OH)–C–C–N with tert-alkyl or cyclic N) is 1. The minimum atomic E-state index is -0.484. The van der Waals surface area contributed by atoms with Crippen molar-refractivity contribution in [2.45, 2.75) is 39.3 Å². The topological polar surface area (TPSA) is 48.0 Å². The highest BCUT2D eigenvalue weighted by molar-refractivity contribution is 5.86. The molecule has 3 N–H and O–H groups in total. The van der Waals surface area contributed by atoms with E-state index in [1.807, 2.05) is 24.4 Å². The summed E-state index contributed by atoms with van der Waals surface area (Å²) >= 11 is 0. The number of aromatic nitrogens is 1. The number of aliphatic hydroxyl groups is 1. The van der Waals surface area contributed by atoms with Gasteiger partial charge in [-0.25, -0.2) is 0 Å². The third-order valence-electron chi connectivity index (χ3n) is 3.12. The second-order valence-electron chi connectivity index (χ2n) is 5.89. The maximum Gasteiger partial charge on any atom is 0.0921 e. The highest BCUT2D eigenvalue weighted by Crippen LogP contribution is 2.26. The molecule has 1 aromatic heterocycles. The molecule has 18 heavy (non-hydrogen) atoms. The number of hydrogen-bond acceptors (Lipinski definition) is 2. The van der Waals surface area contributed by atoms with Crippen LogP contribution in [-0.2, 0) is 0 Å². The number of benzene rings is 1. The third kappa shape index (κ3) is 2.74. The van der Waals surface area contributed by atoms with E-state index in [2.05, 4.69) is 38.0 Å². The van der Waals surface area contributed by atoms with E-state index >= 15 is 0 Å². The van der Waals surface area contributed by atoms with Gasteiger partial charge in [0.15, 0.2) is 0 Å². The molecule has 0 fully saturated rings. The van der Waals surface area contributed by atoms with Crippen LogP contribution in [0.3, 0.4) is 0 Å². The minimum absolute atomic E-state index is 0.0159. The summed E-state index contributed by atoms with van der Waals surface area (Å²) in [5.74, 6) is 0. The van der Waals surface area contributed by atoms with Gasteiger partial charge in [-0.05, 0) is 44.9 Å². The quantitative estimate of drug-likeness (QED) is 0.780. The van der Waals surface area contributed by atoms with Crippen molar-refractivity contribution in [3.63, 3.8) is 0 Å². The number of aryl methyl sites for hydroxylation is 1. The number of nitrogens with one attached hydrogen (secondary N) is 2. The summed E-state index contributed by atoms with van der Waals surface area (Å²) in [7, 11) is 0. The Kier molecular flexibility index (Phi) is 3.46. The highest BCUT2D eigenvalue weighted by Gasteiger charge is 2.16. The van der Waals surface area contributed by atoms with E-state index in [1.165, 1.54) is 5.56 Å². The van der Waals surface area contributed by atoms with Gasteiger partial charge in [0, 0.05) is 29.2 Å². The molecule has 3 nitrogen and oxygen atoms in total.